The Bertz CT molecular complexity index is 1340. The van der Waals surface area contributed by atoms with Gasteiger partial charge in [-0.1, -0.05) is 56.3 Å². The second-order valence-corrected chi connectivity index (χ2v) is 13.2. The molecular weight excluding hydrogens is 522 g/mol. The minimum absolute atomic E-state index is 0.0219. The molecule has 1 N–H and O–H groups in total. The highest BCUT2D eigenvalue weighted by Gasteiger charge is 2.74. The van der Waals surface area contributed by atoms with E-state index in [9.17, 15) is 19.5 Å². The van der Waals surface area contributed by atoms with E-state index in [2.05, 4.69) is 13.2 Å². The molecule has 0 aliphatic carbocycles. The molecule has 2 bridgehead atoms. The summed E-state index contributed by atoms with van der Waals surface area (Å²) in [6, 6.07) is 12.6. The molecule has 3 aliphatic heterocycles. The Morgan fingerprint density at radius 2 is 1.82 bits per heavy atom. The van der Waals surface area contributed by atoms with Crippen molar-refractivity contribution >= 4 is 45.9 Å². The number of amides is 3. The Morgan fingerprint density at radius 1 is 1.12 bits per heavy atom. The maximum atomic E-state index is 14.8. The van der Waals surface area contributed by atoms with Crippen LogP contribution >= 0.6 is 11.8 Å². The zero-order valence-corrected chi connectivity index (χ0v) is 24.3. The van der Waals surface area contributed by atoms with Crippen molar-refractivity contribution in [1.29, 1.82) is 0 Å². The highest BCUT2D eigenvalue weighted by molar-refractivity contribution is 8.02. The van der Waals surface area contributed by atoms with Crippen LogP contribution in [-0.2, 0) is 14.4 Å². The van der Waals surface area contributed by atoms with Crippen molar-refractivity contribution in [3.05, 3.63) is 67.8 Å². The third-order valence-corrected chi connectivity index (χ3v) is 10.9. The SMILES string of the molecule is C=CCN(C)C(=O)[C@@H]1[C@H]2C(=O)N([C@@H](CO)C(C)C)C(C(=O)N(CC=C)c3ccc4ccccc4c3)C23CC[C@H]1S3. The molecule has 1 spiro atoms. The van der Waals surface area contributed by atoms with Gasteiger partial charge in [-0.25, -0.2) is 0 Å². The van der Waals surface area contributed by atoms with Crippen molar-refractivity contribution in [2.24, 2.45) is 17.8 Å². The minimum Gasteiger partial charge on any atom is -0.394 e. The number of anilines is 1. The van der Waals surface area contributed by atoms with Crippen molar-refractivity contribution < 1.29 is 19.5 Å². The van der Waals surface area contributed by atoms with Crippen molar-refractivity contribution in [3.8, 4) is 0 Å². The molecule has 212 valence electrons. The number of benzene rings is 2. The van der Waals surface area contributed by atoms with E-state index < -0.39 is 28.7 Å². The van der Waals surface area contributed by atoms with E-state index in [0.717, 1.165) is 22.9 Å². The lowest BCUT2D eigenvalue weighted by Crippen LogP contribution is -2.58. The largest absolute Gasteiger partial charge is 0.394 e. The number of likely N-dealkylation sites (N-methyl/N-ethyl adjacent to an activating group) is 1. The maximum Gasteiger partial charge on any atom is 0.251 e. The van der Waals surface area contributed by atoms with E-state index in [1.165, 1.54) is 0 Å². The van der Waals surface area contributed by atoms with E-state index in [1.54, 1.807) is 45.7 Å². The molecular formula is C32H39N3O4S. The van der Waals surface area contributed by atoms with Crippen molar-refractivity contribution in [2.75, 3.05) is 31.6 Å². The summed E-state index contributed by atoms with van der Waals surface area (Å²) < 4.78 is -0.729. The standard InChI is InChI=1S/C32H39N3O4S/c1-6-16-33(5)29(37)26-25-14-15-32(40-25)27(26)30(38)35(24(19-36)20(3)4)28(32)31(39)34(17-7-2)23-13-12-21-10-8-9-11-22(21)18-23/h6-13,18,20,24-28,36H,1-2,14-17,19H2,3-5H3/t24-,25+,26-,27-,28?,32?/m0/s1. The molecule has 0 saturated carbocycles. The monoisotopic (exact) mass is 561 g/mol. The first kappa shape index (κ1) is 28.4. The van der Waals surface area contributed by atoms with Gasteiger partial charge in [0.15, 0.2) is 0 Å². The number of hydrogen-bond acceptors (Lipinski definition) is 5. The van der Waals surface area contributed by atoms with Gasteiger partial charge >= 0.3 is 0 Å². The Labute approximate surface area is 240 Å². The van der Waals surface area contributed by atoms with Crippen LogP contribution in [0.2, 0.25) is 0 Å². The van der Waals surface area contributed by atoms with E-state index >= 15 is 0 Å². The maximum absolute atomic E-state index is 14.8. The minimum atomic E-state index is -0.798. The molecule has 3 saturated heterocycles. The lowest BCUT2D eigenvalue weighted by molar-refractivity contribution is -0.145. The summed E-state index contributed by atoms with van der Waals surface area (Å²) in [5.74, 6) is -1.65. The Hall–Kier alpha value is -3.10. The average molecular weight is 562 g/mol. The predicted octanol–water partition coefficient (Wildman–Crippen LogP) is 4.11. The van der Waals surface area contributed by atoms with Gasteiger partial charge in [0, 0.05) is 31.1 Å². The quantitative estimate of drug-likeness (QED) is 0.442. The number of nitrogens with zero attached hydrogens (tertiary/aromatic N) is 3. The van der Waals surface area contributed by atoms with Crippen LogP contribution in [0.15, 0.2) is 67.8 Å². The van der Waals surface area contributed by atoms with Crippen molar-refractivity contribution in [1.82, 2.24) is 9.80 Å². The highest BCUT2D eigenvalue weighted by atomic mass is 32.2. The predicted molar refractivity (Wildman–Crippen MR) is 161 cm³/mol. The lowest BCUT2D eigenvalue weighted by atomic mass is 9.70. The van der Waals surface area contributed by atoms with Crippen LogP contribution in [0.1, 0.15) is 26.7 Å². The van der Waals surface area contributed by atoms with Gasteiger partial charge in [-0.15, -0.1) is 24.9 Å². The fourth-order valence-electron chi connectivity index (χ4n) is 7.11. The molecule has 3 heterocycles. The van der Waals surface area contributed by atoms with Gasteiger partial charge in [-0.3, -0.25) is 14.4 Å². The van der Waals surface area contributed by atoms with Gasteiger partial charge in [-0.2, -0.15) is 0 Å². The first-order chi connectivity index (χ1) is 19.2. The third-order valence-electron chi connectivity index (χ3n) is 8.97. The summed E-state index contributed by atoms with van der Waals surface area (Å²) >= 11 is 1.65. The van der Waals surface area contributed by atoms with Gasteiger partial charge in [0.1, 0.15) is 6.04 Å². The molecule has 2 unspecified atom stereocenters. The topological polar surface area (TPSA) is 81.2 Å². The number of hydrogen-bond donors (Lipinski definition) is 1. The van der Waals surface area contributed by atoms with Crippen LogP contribution in [0.25, 0.3) is 10.8 Å². The van der Waals surface area contributed by atoms with Crippen LogP contribution < -0.4 is 4.90 Å². The summed E-state index contributed by atoms with van der Waals surface area (Å²) in [4.78, 5) is 47.9. The number of fused-ring (bicyclic) bond motifs is 2. The highest BCUT2D eigenvalue weighted by Crippen LogP contribution is 2.67. The second-order valence-electron chi connectivity index (χ2n) is 11.6. The summed E-state index contributed by atoms with van der Waals surface area (Å²) in [6.45, 7) is 12.0. The Morgan fingerprint density at radius 3 is 2.48 bits per heavy atom. The van der Waals surface area contributed by atoms with E-state index in [0.29, 0.717) is 13.0 Å². The Balaban J connectivity index is 1.61. The lowest BCUT2D eigenvalue weighted by Gasteiger charge is -2.40. The molecule has 3 aliphatic rings. The van der Waals surface area contributed by atoms with Gasteiger partial charge < -0.3 is 19.8 Å². The molecule has 40 heavy (non-hydrogen) atoms. The summed E-state index contributed by atoms with van der Waals surface area (Å²) in [5, 5.41) is 12.6. The van der Waals surface area contributed by atoms with Gasteiger partial charge in [-0.05, 0) is 41.7 Å². The van der Waals surface area contributed by atoms with E-state index in [4.69, 9.17) is 0 Å². The number of likely N-dealkylation sites (tertiary alicyclic amines) is 1. The zero-order valence-electron chi connectivity index (χ0n) is 23.5. The fourth-order valence-corrected chi connectivity index (χ4v) is 9.30. The second kappa shape index (κ2) is 11.1. The van der Waals surface area contributed by atoms with Gasteiger partial charge in [0.25, 0.3) is 5.91 Å². The van der Waals surface area contributed by atoms with Crippen molar-refractivity contribution in [2.45, 2.75) is 48.8 Å². The summed E-state index contributed by atoms with van der Waals surface area (Å²) in [6.07, 6.45) is 4.83. The smallest absolute Gasteiger partial charge is 0.251 e. The Kier molecular flexibility index (Phi) is 7.86. The number of thioether (sulfide) groups is 1. The summed E-state index contributed by atoms with van der Waals surface area (Å²) in [7, 11) is 1.74. The molecule has 3 fully saturated rings. The summed E-state index contributed by atoms with van der Waals surface area (Å²) in [5.41, 5.74) is 0.733. The van der Waals surface area contributed by atoms with Gasteiger partial charge in [0.2, 0.25) is 11.8 Å². The number of aliphatic hydroxyl groups excluding tert-OH is 1. The number of carbonyl (C=O) groups excluding carboxylic acids is 3. The fraction of sp³-hybridized carbons (Fsp3) is 0.469. The van der Waals surface area contributed by atoms with Crippen molar-refractivity contribution in [3.63, 3.8) is 0 Å². The van der Waals surface area contributed by atoms with Crippen LogP contribution in [0.4, 0.5) is 5.69 Å². The number of carbonyl (C=O) groups is 3. The molecule has 7 nitrogen and oxygen atoms in total. The molecule has 8 heteroatoms. The zero-order chi connectivity index (χ0) is 28.8. The van der Waals surface area contributed by atoms with Crippen LogP contribution in [0.3, 0.4) is 0 Å². The third kappa shape index (κ3) is 4.36. The van der Waals surface area contributed by atoms with E-state index in [1.807, 2.05) is 56.3 Å². The van der Waals surface area contributed by atoms with Crippen LogP contribution in [0, 0.1) is 17.8 Å². The number of rotatable bonds is 10. The van der Waals surface area contributed by atoms with E-state index in [-0.39, 0.29) is 42.0 Å². The first-order valence-electron chi connectivity index (χ1n) is 14.1. The molecule has 0 radical (unpaired) electrons. The van der Waals surface area contributed by atoms with Crippen LogP contribution in [-0.4, -0.2) is 81.5 Å². The molecule has 6 atom stereocenters. The molecule has 5 rings (SSSR count). The molecule has 2 aromatic rings. The molecule has 0 aromatic heterocycles. The molecule has 3 amide bonds. The molecule has 2 aromatic carbocycles. The normalized spacial score (nSPS) is 27.6. The van der Waals surface area contributed by atoms with Gasteiger partial charge in [0.05, 0.1) is 29.2 Å². The number of aliphatic hydroxyl groups is 1. The van der Waals surface area contributed by atoms with Crippen LogP contribution in [0.5, 0.6) is 0 Å². The first-order valence-corrected chi connectivity index (χ1v) is 15.0. The average Bonchev–Trinajstić information content (AvgIpc) is 3.59.